The molecule has 0 saturated heterocycles. The topological polar surface area (TPSA) is 109 Å². The van der Waals surface area contributed by atoms with Crippen LogP contribution in [0.1, 0.15) is 42.8 Å². The predicted octanol–water partition coefficient (Wildman–Crippen LogP) is 7.56. The lowest BCUT2D eigenvalue weighted by atomic mass is 9.99. The van der Waals surface area contributed by atoms with Crippen LogP contribution in [0.4, 0.5) is 21.5 Å². The van der Waals surface area contributed by atoms with E-state index in [1.54, 1.807) is 16.8 Å². The van der Waals surface area contributed by atoms with Crippen molar-refractivity contribution < 1.29 is 4.39 Å². The summed E-state index contributed by atoms with van der Waals surface area (Å²) in [6, 6.07) is 15.8. The zero-order valence-corrected chi connectivity index (χ0v) is 24.3. The van der Waals surface area contributed by atoms with Gasteiger partial charge in [-0.1, -0.05) is 40.5 Å². The first-order valence-electron chi connectivity index (χ1n) is 13.1. The number of nitriles is 1. The number of aryl methyl sites for hydroxylation is 1. The number of halogens is 3. The van der Waals surface area contributed by atoms with Crippen LogP contribution in [0.5, 0.6) is 0 Å². The lowest BCUT2D eigenvalue weighted by molar-refractivity contribution is 0.514. The van der Waals surface area contributed by atoms with E-state index in [-0.39, 0.29) is 16.6 Å². The molecule has 0 radical (unpaired) electrons. The Morgan fingerprint density at radius 1 is 1.00 bits per heavy atom. The summed E-state index contributed by atoms with van der Waals surface area (Å²) in [6.07, 6.45) is 5.20. The average molecular weight is 600 g/mol. The van der Waals surface area contributed by atoms with Crippen LogP contribution in [0.25, 0.3) is 21.8 Å². The lowest BCUT2D eigenvalue weighted by Crippen LogP contribution is -2.14. The molecule has 6 aromatic rings. The monoisotopic (exact) mass is 599 g/mol. The smallest absolute Gasteiger partial charge is 0.141 e. The molecule has 12 heteroatoms. The average Bonchev–Trinajstić information content (AvgIpc) is 3.62. The van der Waals surface area contributed by atoms with Crippen molar-refractivity contribution in [2.75, 3.05) is 10.6 Å². The van der Waals surface area contributed by atoms with Gasteiger partial charge in [0.2, 0.25) is 0 Å². The summed E-state index contributed by atoms with van der Waals surface area (Å²) in [5.41, 5.74) is 5.05. The number of hydrogen-bond donors (Lipinski definition) is 2. The van der Waals surface area contributed by atoms with E-state index >= 15 is 0 Å². The Bertz CT molecular complexity index is 2010. The Labute approximate surface area is 250 Å². The zero-order valence-electron chi connectivity index (χ0n) is 22.8. The zero-order chi connectivity index (χ0) is 29.5. The lowest BCUT2D eigenvalue weighted by Gasteiger charge is -2.21. The van der Waals surface area contributed by atoms with Gasteiger partial charge in [0.25, 0.3) is 0 Å². The third kappa shape index (κ3) is 4.98. The fraction of sp³-hybridized carbons (Fsp3) is 0.167. The molecule has 3 aromatic carbocycles. The normalized spacial score (nSPS) is 12.1. The number of aromatic nitrogens is 6. The van der Waals surface area contributed by atoms with Crippen LogP contribution < -0.4 is 10.6 Å². The summed E-state index contributed by atoms with van der Waals surface area (Å²) in [5, 5.41) is 31.9. The highest BCUT2D eigenvalue weighted by Crippen LogP contribution is 2.38. The van der Waals surface area contributed by atoms with Crippen molar-refractivity contribution >= 4 is 62.1 Å². The van der Waals surface area contributed by atoms with E-state index in [0.29, 0.717) is 38.7 Å². The van der Waals surface area contributed by atoms with Gasteiger partial charge in [-0.3, -0.25) is 9.67 Å². The molecule has 0 aliphatic rings. The van der Waals surface area contributed by atoms with Gasteiger partial charge < -0.3 is 10.6 Å². The number of nitrogens with zero attached hydrogens (tertiary/aromatic N) is 7. The molecule has 3 heterocycles. The maximum Gasteiger partial charge on any atom is 0.141 e. The van der Waals surface area contributed by atoms with Crippen molar-refractivity contribution in [1.82, 2.24) is 29.8 Å². The van der Waals surface area contributed by atoms with Gasteiger partial charge >= 0.3 is 0 Å². The molecule has 0 amide bonds. The quantitative estimate of drug-likeness (QED) is 0.195. The van der Waals surface area contributed by atoms with Gasteiger partial charge in [-0.15, -0.1) is 5.10 Å². The summed E-state index contributed by atoms with van der Waals surface area (Å²) < 4.78 is 17.5. The first-order chi connectivity index (χ1) is 20.2. The fourth-order valence-corrected chi connectivity index (χ4v) is 5.33. The molecule has 2 N–H and O–H groups in total. The summed E-state index contributed by atoms with van der Waals surface area (Å²) >= 11 is 12.8. The minimum Gasteiger partial charge on any atom is -0.373 e. The van der Waals surface area contributed by atoms with Crippen LogP contribution in [0.15, 0.2) is 67.1 Å². The number of nitrogens with one attached hydrogen (secondary N) is 2. The van der Waals surface area contributed by atoms with Crippen molar-refractivity contribution in [2.24, 2.45) is 7.05 Å². The second-order valence-corrected chi connectivity index (χ2v) is 10.9. The summed E-state index contributed by atoms with van der Waals surface area (Å²) in [6.45, 7) is 4.07. The third-order valence-electron chi connectivity index (χ3n) is 7.03. The molecule has 42 heavy (non-hydrogen) atoms. The standard InChI is InChI=1S/C30H24Cl2FN9/c1-16(2)42-15-26(39-40-42)30(20-5-4-6-27-22(20)14-36-41(27)3)38-19-9-21-28(37-18-7-8-25(33)23(31)10-18)17(12-34)13-35-29(21)24(32)11-19/h4-11,13-16,30,38H,1-3H3,(H,35,37)/t30-/m0/s1. The van der Waals surface area contributed by atoms with E-state index in [0.717, 1.165) is 16.5 Å². The number of rotatable bonds is 7. The van der Waals surface area contributed by atoms with Crippen molar-refractivity contribution in [3.63, 3.8) is 0 Å². The maximum absolute atomic E-state index is 13.8. The molecule has 0 spiro atoms. The van der Waals surface area contributed by atoms with E-state index in [4.69, 9.17) is 23.2 Å². The number of pyridine rings is 1. The molecular weight excluding hydrogens is 576 g/mol. The Kier molecular flexibility index (Phi) is 7.14. The number of anilines is 3. The molecular formula is C30H24Cl2FN9. The van der Waals surface area contributed by atoms with Crippen molar-refractivity contribution in [3.05, 3.63) is 99.8 Å². The Balaban J connectivity index is 1.50. The number of hydrogen-bond acceptors (Lipinski definition) is 7. The van der Waals surface area contributed by atoms with Crippen LogP contribution in [-0.4, -0.2) is 29.8 Å². The molecule has 0 saturated carbocycles. The molecule has 9 nitrogen and oxygen atoms in total. The summed E-state index contributed by atoms with van der Waals surface area (Å²) in [7, 11) is 1.90. The van der Waals surface area contributed by atoms with E-state index in [9.17, 15) is 9.65 Å². The van der Waals surface area contributed by atoms with E-state index in [1.165, 1.54) is 18.3 Å². The van der Waals surface area contributed by atoms with E-state index in [1.807, 2.05) is 62.2 Å². The molecule has 0 bridgehead atoms. The second-order valence-electron chi connectivity index (χ2n) is 10.1. The van der Waals surface area contributed by atoms with Gasteiger partial charge in [0.15, 0.2) is 0 Å². The van der Waals surface area contributed by atoms with Crippen LogP contribution >= 0.6 is 23.2 Å². The fourth-order valence-electron chi connectivity index (χ4n) is 4.88. The number of fused-ring (bicyclic) bond motifs is 2. The molecule has 210 valence electrons. The van der Waals surface area contributed by atoms with Crippen LogP contribution in [-0.2, 0) is 7.05 Å². The molecule has 0 aliphatic carbocycles. The maximum atomic E-state index is 13.8. The SMILES string of the molecule is CC(C)n1cc([C@@H](Nc2cc(Cl)c3ncc(C#N)c(Nc4ccc(F)c(Cl)c4)c3c2)c2cccc3c2cnn3C)nn1. The minimum absolute atomic E-state index is 0.0425. The molecule has 3 aromatic heterocycles. The molecule has 1 atom stereocenters. The van der Waals surface area contributed by atoms with Crippen molar-refractivity contribution in [2.45, 2.75) is 25.9 Å². The van der Waals surface area contributed by atoms with E-state index in [2.05, 4.69) is 37.1 Å². The van der Waals surface area contributed by atoms with Crippen molar-refractivity contribution in [3.8, 4) is 6.07 Å². The predicted molar refractivity (Wildman–Crippen MR) is 163 cm³/mol. The minimum atomic E-state index is -0.541. The summed E-state index contributed by atoms with van der Waals surface area (Å²) in [4.78, 5) is 4.44. The van der Waals surface area contributed by atoms with E-state index < -0.39 is 11.9 Å². The highest BCUT2D eigenvalue weighted by molar-refractivity contribution is 6.36. The highest BCUT2D eigenvalue weighted by Gasteiger charge is 2.23. The first-order valence-corrected chi connectivity index (χ1v) is 13.8. The van der Waals surface area contributed by atoms with Gasteiger partial charge in [0.05, 0.1) is 50.8 Å². The van der Waals surface area contributed by atoms with Gasteiger partial charge in [0, 0.05) is 41.4 Å². The van der Waals surface area contributed by atoms with Crippen LogP contribution in [0.3, 0.4) is 0 Å². The molecule has 0 aliphatic heterocycles. The second kappa shape index (κ2) is 10.9. The Morgan fingerprint density at radius 2 is 1.81 bits per heavy atom. The van der Waals surface area contributed by atoms with Crippen molar-refractivity contribution in [1.29, 1.82) is 5.26 Å². The molecule has 6 rings (SSSR count). The van der Waals surface area contributed by atoms with Gasteiger partial charge in [-0.2, -0.15) is 10.4 Å². The first kappa shape index (κ1) is 27.4. The third-order valence-corrected chi connectivity index (χ3v) is 7.61. The summed E-state index contributed by atoms with van der Waals surface area (Å²) in [5.74, 6) is -0.541. The Morgan fingerprint density at radius 3 is 2.55 bits per heavy atom. The van der Waals surface area contributed by atoms with Gasteiger partial charge in [-0.25, -0.2) is 9.07 Å². The number of benzene rings is 3. The van der Waals surface area contributed by atoms with Gasteiger partial charge in [-0.05, 0) is 55.8 Å². The molecule has 0 unspecified atom stereocenters. The van der Waals surface area contributed by atoms with Crippen LogP contribution in [0, 0.1) is 17.1 Å². The largest absolute Gasteiger partial charge is 0.373 e. The van der Waals surface area contributed by atoms with Crippen LogP contribution in [0.2, 0.25) is 10.0 Å². The molecule has 0 fully saturated rings. The Hall–Kier alpha value is -4.72. The highest BCUT2D eigenvalue weighted by atomic mass is 35.5. The van der Waals surface area contributed by atoms with Gasteiger partial charge in [0.1, 0.15) is 17.6 Å².